The topological polar surface area (TPSA) is 81.4 Å². The lowest BCUT2D eigenvalue weighted by Gasteiger charge is -2.34. The Morgan fingerprint density at radius 2 is 1.84 bits per heavy atom. The lowest BCUT2D eigenvalue weighted by molar-refractivity contribution is -0.138. The normalized spacial score (nSPS) is 13.9. The number of benzene rings is 1. The largest absolute Gasteiger partial charge is 0.383 e. The molecule has 2 atom stereocenters. The summed E-state index contributed by atoms with van der Waals surface area (Å²) in [6.07, 6.45) is 2.28. The quantitative estimate of drug-likeness (QED) is 0.638. The van der Waals surface area contributed by atoms with E-state index in [0.29, 0.717) is 19.6 Å². The van der Waals surface area contributed by atoms with Gasteiger partial charge in [0.1, 0.15) is 0 Å². The Kier molecular flexibility index (Phi) is 8.62. The molecule has 1 aromatic rings. The van der Waals surface area contributed by atoms with Gasteiger partial charge in [0.2, 0.25) is 11.8 Å². The Balaban J connectivity index is 2.78. The highest BCUT2D eigenvalue weighted by Crippen LogP contribution is 2.35. The van der Waals surface area contributed by atoms with Crippen molar-refractivity contribution in [3.8, 4) is 0 Å². The van der Waals surface area contributed by atoms with Gasteiger partial charge in [0.05, 0.1) is 12.5 Å². The Hall–Kier alpha value is -1.88. The molecule has 0 aliphatic heterocycles. The van der Waals surface area contributed by atoms with E-state index in [-0.39, 0.29) is 11.3 Å². The Bertz CT molecular complexity index is 538. The standard InChI is InChI=1S/C20H32N2O3/c1-20(2,3)17(19(24)22-13-14-25-4)16(18(21)23)12-8-11-15-9-6-5-7-10-15/h5-7,9-10,16-17H,8,11-14H2,1-4H3,(H2,21,23)(H,22,24)/t16?,17-/m1/s1. The molecule has 0 saturated heterocycles. The van der Waals surface area contributed by atoms with Gasteiger partial charge in [-0.25, -0.2) is 0 Å². The summed E-state index contributed by atoms with van der Waals surface area (Å²) in [7, 11) is 1.59. The summed E-state index contributed by atoms with van der Waals surface area (Å²) in [6, 6.07) is 10.1. The van der Waals surface area contributed by atoms with Crippen LogP contribution in [-0.4, -0.2) is 32.1 Å². The van der Waals surface area contributed by atoms with E-state index in [0.717, 1.165) is 12.8 Å². The number of ether oxygens (including phenoxy) is 1. The van der Waals surface area contributed by atoms with Gasteiger partial charge >= 0.3 is 0 Å². The van der Waals surface area contributed by atoms with Crippen LogP contribution in [0.5, 0.6) is 0 Å². The van der Waals surface area contributed by atoms with Crippen molar-refractivity contribution in [3.05, 3.63) is 35.9 Å². The Morgan fingerprint density at radius 3 is 2.36 bits per heavy atom. The van der Waals surface area contributed by atoms with Crippen LogP contribution in [0.25, 0.3) is 0 Å². The molecule has 0 fully saturated rings. The predicted molar refractivity (Wildman–Crippen MR) is 99.9 cm³/mol. The predicted octanol–water partition coefficient (Wildman–Crippen LogP) is 2.54. The van der Waals surface area contributed by atoms with Gasteiger partial charge in [-0.3, -0.25) is 9.59 Å². The van der Waals surface area contributed by atoms with Crippen molar-refractivity contribution in [1.29, 1.82) is 0 Å². The highest BCUT2D eigenvalue weighted by atomic mass is 16.5. The van der Waals surface area contributed by atoms with Gasteiger partial charge in [-0.2, -0.15) is 0 Å². The third-order valence-corrected chi connectivity index (χ3v) is 4.41. The molecule has 0 aliphatic carbocycles. The lowest BCUT2D eigenvalue weighted by Crippen LogP contribution is -2.47. The fourth-order valence-corrected chi connectivity index (χ4v) is 3.21. The van der Waals surface area contributed by atoms with Crippen molar-refractivity contribution < 1.29 is 14.3 Å². The lowest BCUT2D eigenvalue weighted by atomic mass is 9.70. The van der Waals surface area contributed by atoms with Gasteiger partial charge in [-0.05, 0) is 30.2 Å². The molecule has 0 radical (unpaired) electrons. The molecule has 1 rings (SSSR count). The minimum Gasteiger partial charge on any atom is -0.383 e. The second kappa shape index (κ2) is 10.2. The second-order valence-electron chi connectivity index (χ2n) is 7.51. The molecule has 0 aromatic heterocycles. The van der Waals surface area contributed by atoms with E-state index in [2.05, 4.69) is 17.4 Å². The molecule has 3 N–H and O–H groups in total. The molecule has 2 amide bonds. The number of methoxy groups -OCH3 is 1. The van der Waals surface area contributed by atoms with Crippen LogP contribution in [0.2, 0.25) is 0 Å². The first-order valence-corrected chi connectivity index (χ1v) is 8.87. The number of hydrogen-bond acceptors (Lipinski definition) is 3. The molecule has 0 heterocycles. The van der Waals surface area contributed by atoms with E-state index >= 15 is 0 Å². The monoisotopic (exact) mass is 348 g/mol. The third-order valence-electron chi connectivity index (χ3n) is 4.41. The van der Waals surface area contributed by atoms with E-state index in [1.54, 1.807) is 7.11 Å². The van der Waals surface area contributed by atoms with Crippen LogP contribution in [0.15, 0.2) is 30.3 Å². The Morgan fingerprint density at radius 1 is 1.20 bits per heavy atom. The molecular formula is C20H32N2O3. The van der Waals surface area contributed by atoms with Crippen LogP contribution in [0.1, 0.15) is 39.2 Å². The number of amides is 2. The average Bonchev–Trinajstić information content (AvgIpc) is 2.53. The van der Waals surface area contributed by atoms with Crippen LogP contribution in [0.4, 0.5) is 0 Å². The summed E-state index contributed by atoms with van der Waals surface area (Å²) in [6.45, 7) is 6.79. The van der Waals surface area contributed by atoms with Crippen molar-refractivity contribution in [2.45, 2.75) is 40.0 Å². The maximum atomic E-state index is 12.7. The minimum atomic E-state index is -0.480. The van der Waals surface area contributed by atoms with Crippen molar-refractivity contribution in [1.82, 2.24) is 5.32 Å². The number of aryl methyl sites for hydroxylation is 1. The molecule has 1 aromatic carbocycles. The first kappa shape index (κ1) is 21.2. The van der Waals surface area contributed by atoms with Gasteiger partial charge in [-0.1, -0.05) is 51.1 Å². The summed E-state index contributed by atoms with van der Waals surface area (Å²) in [5.41, 5.74) is 6.53. The summed E-state index contributed by atoms with van der Waals surface area (Å²) in [5, 5.41) is 2.86. The zero-order valence-corrected chi connectivity index (χ0v) is 15.9. The van der Waals surface area contributed by atoms with E-state index in [4.69, 9.17) is 10.5 Å². The Labute approximate surface area is 151 Å². The maximum Gasteiger partial charge on any atom is 0.224 e. The molecule has 1 unspecified atom stereocenters. The SMILES string of the molecule is COCCNC(=O)[C@@H](C(CCCc1ccccc1)C(N)=O)C(C)(C)C. The van der Waals surface area contributed by atoms with Gasteiger partial charge in [0.25, 0.3) is 0 Å². The smallest absolute Gasteiger partial charge is 0.224 e. The number of nitrogens with one attached hydrogen (secondary N) is 1. The second-order valence-corrected chi connectivity index (χ2v) is 7.51. The van der Waals surface area contributed by atoms with Crippen molar-refractivity contribution >= 4 is 11.8 Å². The summed E-state index contributed by atoms with van der Waals surface area (Å²) < 4.78 is 4.97. The highest BCUT2D eigenvalue weighted by molar-refractivity contribution is 5.87. The molecule has 0 bridgehead atoms. The molecule has 0 aliphatic rings. The molecule has 5 nitrogen and oxygen atoms in total. The first-order valence-electron chi connectivity index (χ1n) is 8.87. The summed E-state index contributed by atoms with van der Waals surface area (Å²) in [5.74, 6) is -1.48. The summed E-state index contributed by atoms with van der Waals surface area (Å²) in [4.78, 5) is 24.8. The van der Waals surface area contributed by atoms with E-state index in [9.17, 15) is 9.59 Å². The average molecular weight is 348 g/mol. The molecular weight excluding hydrogens is 316 g/mol. The van der Waals surface area contributed by atoms with Gasteiger partial charge in [-0.15, -0.1) is 0 Å². The third kappa shape index (κ3) is 7.26. The van der Waals surface area contributed by atoms with Crippen molar-refractivity contribution in [2.75, 3.05) is 20.3 Å². The number of carbonyl (C=O) groups is 2. The fraction of sp³-hybridized carbons (Fsp3) is 0.600. The zero-order chi connectivity index (χ0) is 18.9. The number of carbonyl (C=O) groups excluding carboxylic acids is 2. The molecule has 0 saturated carbocycles. The van der Waals surface area contributed by atoms with Crippen LogP contribution in [-0.2, 0) is 20.7 Å². The number of rotatable bonds is 10. The van der Waals surface area contributed by atoms with E-state index < -0.39 is 17.7 Å². The van der Waals surface area contributed by atoms with E-state index in [1.165, 1.54) is 5.56 Å². The van der Waals surface area contributed by atoms with Crippen molar-refractivity contribution in [3.63, 3.8) is 0 Å². The fourth-order valence-electron chi connectivity index (χ4n) is 3.21. The molecule has 5 heteroatoms. The van der Waals surface area contributed by atoms with Crippen molar-refractivity contribution in [2.24, 2.45) is 23.0 Å². The molecule has 140 valence electrons. The van der Waals surface area contributed by atoms with Crippen LogP contribution in [0, 0.1) is 17.3 Å². The molecule has 25 heavy (non-hydrogen) atoms. The summed E-state index contributed by atoms with van der Waals surface area (Å²) >= 11 is 0. The highest BCUT2D eigenvalue weighted by Gasteiger charge is 2.40. The first-order chi connectivity index (χ1) is 11.8. The number of hydrogen-bond donors (Lipinski definition) is 2. The minimum absolute atomic E-state index is 0.131. The van der Waals surface area contributed by atoms with Gasteiger partial charge in [0, 0.05) is 19.6 Å². The van der Waals surface area contributed by atoms with Crippen LogP contribution >= 0.6 is 0 Å². The van der Waals surface area contributed by atoms with Crippen LogP contribution < -0.4 is 11.1 Å². The number of primary amides is 1. The van der Waals surface area contributed by atoms with Crippen LogP contribution in [0.3, 0.4) is 0 Å². The van der Waals surface area contributed by atoms with Gasteiger partial charge in [0.15, 0.2) is 0 Å². The maximum absolute atomic E-state index is 12.7. The van der Waals surface area contributed by atoms with Gasteiger partial charge < -0.3 is 15.8 Å². The molecule has 0 spiro atoms. The van der Waals surface area contributed by atoms with E-state index in [1.807, 2.05) is 39.0 Å². The number of nitrogens with two attached hydrogens (primary N) is 1. The zero-order valence-electron chi connectivity index (χ0n) is 15.9.